The van der Waals surface area contributed by atoms with E-state index in [1.165, 1.54) is 58.5 Å². The van der Waals surface area contributed by atoms with Gasteiger partial charge in [-0.2, -0.15) is 0 Å². The summed E-state index contributed by atoms with van der Waals surface area (Å²) in [7, 11) is 2.28. The lowest BCUT2D eigenvalue weighted by Crippen LogP contribution is -2.48. The van der Waals surface area contributed by atoms with Gasteiger partial charge >= 0.3 is 0 Å². The van der Waals surface area contributed by atoms with Crippen LogP contribution in [0.1, 0.15) is 40.0 Å². The lowest BCUT2D eigenvalue weighted by atomic mass is 9.75. The van der Waals surface area contributed by atoms with E-state index in [2.05, 4.69) is 42.9 Å². The predicted octanol–water partition coefficient (Wildman–Crippen LogP) is 2.04. The highest BCUT2D eigenvalue weighted by molar-refractivity contribution is 4.94. The molecule has 2 unspecified atom stereocenters. The molecule has 0 saturated carbocycles. The second-order valence-corrected chi connectivity index (χ2v) is 7.09. The summed E-state index contributed by atoms with van der Waals surface area (Å²) in [6.45, 7) is 14.7. The molecule has 19 heavy (non-hydrogen) atoms. The molecule has 0 aromatic carbocycles. The highest BCUT2D eigenvalue weighted by Gasteiger charge is 2.39. The topological polar surface area (TPSA) is 18.5 Å². The first kappa shape index (κ1) is 15.3. The fourth-order valence-corrected chi connectivity index (χ4v) is 3.87. The van der Waals surface area contributed by atoms with Gasteiger partial charge in [-0.05, 0) is 57.3 Å². The van der Waals surface area contributed by atoms with Crippen LogP contribution in [-0.4, -0.2) is 62.2 Å². The van der Waals surface area contributed by atoms with E-state index in [1.54, 1.807) is 0 Å². The lowest BCUT2D eigenvalue weighted by molar-refractivity contribution is 0.0835. The van der Waals surface area contributed by atoms with Crippen LogP contribution in [0.25, 0.3) is 0 Å². The van der Waals surface area contributed by atoms with Gasteiger partial charge in [-0.15, -0.1) is 0 Å². The summed E-state index contributed by atoms with van der Waals surface area (Å²) in [6.07, 6.45) is 3.97. The van der Waals surface area contributed by atoms with E-state index in [0.717, 1.165) is 12.0 Å². The minimum absolute atomic E-state index is 0.510. The molecule has 0 aromatic rings. The van der Waals surface area contributed by atoms with Gasteiger partial charge < -0.3 is 10.2 Å². The molecule has 0 bridgehead atoms. The molecule has 112 valence electrons. The molecule has 0 spiro atoms. The summed E-state index contributed by atoms with van der Waals surface area (Å²) in [4.78, 5) is 5.32. The van der Waals surface area contributed by atoms with Crippen LogP contribution in [0.2, 0.25) is 0 Å². The molecule has 2 rings (SSSR count). The van der Waals surface area contributed by atoms with Crippen LogP contribution in [0.5, 0.6) is 0 Å². The number of nitrogens with zero attached hydrogens (tertiary/aromatic N) is 2. The molecule has 1 N–H and O–H groups in total. The molecule has 0 aromatic heterocycles. The largest absolute Gasteiger partial charge is 0.316 e. The van der Waals surface area contributed by atoms with Gasteiger partial charge in [0.1, 0.15) is 0 Å². The van der Waals surface area contributed by atoms with E-state index < -0.39 is 0 Å². The van der Waals surface area contributed by atoms with Gasteiger partial charge in [-0.3, -0.25) is 4.90 Å². The quantitative estimate of drug-likeness (QED) is 0.841. The molecule has 2 saturated heterocycles. The maximum absolute atomic E-state index is 3.60. The standard InChI is InChI=1S/C16H33N3/c1-5-15-11-18(4)9-6-10-19(15)13-16(14(2)3)7-8-17-12-16/h14-15,17H,5-13H2,1-4H3. The number of hydrogen-bond donors (Lipinski definition) is 1. The molecule has 2 fully saturated rings. The van der Waals surface area contributed by atoms with E-state index in [9.17, 15) is 0 Å². The highest BCUT2D eigenvalue weighted by atomic mass is 15.2. The second kappa shape index (κ2) is 6.55. The van der Waals surface area contributed by atoms with Crippen molar-refractivity contribution in [1.82, 2.24) is 15.1 Å². The third kappa shape index (κ3) is 3.50. The highest BCUT2D eigenvalue weighted by Crippen LogP contribution is 2.36. The van der Waals surface area contributed by atoms with Gasteiger partial charge in [0.05, 0.1) is 0 Å². The summed E-state index contributed by atoms with van der Waals surface area (Å²) in [5, 5.41) is 3.60. The van der Waals surface area contributed by atoms with E-state index in [4.69, 9.17) is 0 Å². The molecule has 0 radical (unpaired) electrons. The average Bonchev–Trinajstić information content (AvgIpc) is 2.77. The molecule has 0 aliphatic carbocycles. The maximum Gasteiger partial charge on any atom is 0.0220 e. The van der Waals surface area contributed by atoms with Crippen LogP contribution < -0.4 is 5.32 Å². The molecule has 3 nitrogen and oxygen atoms in total. The Hall–Kier alpha value is -0.120. The Morgan fingerprint density at radius 1 is 1.32 bits per heavy atom. The fourth-order valence-electron chi connectivity index (χ4n) is 3.87. The monoisotopic (exact) mass is 267 g/mol. The van der Waals surface area contributed by atoms with Gasteiger partial charge in [0.25, 0.3) is 0 Å². The Morgan fingerprint density at radius 2 is 2.11 bits per heavy atom. The zero-order valence-corrected chi connectivity index (χ0v) is 13.4. The van der Waals surface area contributed by atoms with Crippen LogP contribution in [-0.2, 0) is 0 Å². The summed E-state index contributed by atoms with van der Waals surface area (Å²) in [5.41, 5.74) is 0.510. The van der Waals surface area contributed by atoms with Gasteiger partial charge in [-0.25, -0.2) is 0 Å². The molecule has 0 amide bonds. The van der Waals surface area contributed by atoms with Crippen molar-refractivity contribution in [1.29, 1.82) is 0 Å². The van der Waals surface area contributed by atoms with Crippen LogP contribution >= 0.6 is 0 Å². The molecule has 3 heteroatoms. The molecular weight excluding hydrogens is 234 g/mol. The SMILES string of the molecule is CCC1CN(C)CCCN1CC1(C(C)C)CCNC1. The summed E-state index contributed by atoms with van der Waals surface area (Å²) in [5.74, 6) is 0.779. The van der Waals surface area contributed by atoms with Crippen molar-refractivity contribution < 1.29 is 0 Å². The molecular formula is C16H33N3. The third-order valence-corrected chi connectivity index (χ3v) is 5.51. The normalized spacial score (nSPS) is 34.9. The minimum atomic E-state index is 0.510. The Kier molecular flexibility index (Phi) is 5.27. The molecule has 2 heterocycles. The number of rotatable bonds is 4. The maximum atomic E-state index is 3.60. The van der Waals surface area contributed by atoms with E-state index >= 15 is 0 Å². The summed E-state index contributed by atoms with van der Waals surface area (Å²) < 4.78 is 0. The molecule has 2 aliphatic heterocycles. The Bertz CT molecular complexity index is 271. The first-order chi connectivity index (χ1) is 9.07. The van der Waals surface area contributed by atoms with Gasteiger partial charge in [0.15, 0.2) is 0 Å². The van der Waals surface area contributed by atoms with E-state index in [1.807, 2.05) is 0 Å². The Morgan fingerprint density at radius 3 is 2.68 bits per heavy atom. The molecule has 2 atom stereocenters. The van der Waals surface area contributed by atoms with Crippen LogP contribution in [0.15, 0.2) is 0 Å². The first-order valence-corrected chi connectivity index (χ1v) is 8.21. The number of likely N-dealkylation sites (N-methyl/N-ethyl adjacent to an activating group) is 1. The van der Waals surface area contributed by atoms with Gasteiger partial charge in [0.2, 0.25) is 0 Å². The fraction of sp³-hybridized carbons (Fsp3) is 1.00. The van der Waals surface area contributed by atoms with Crippen molar-refractivity contribution >= 4 is 0 Å². The lowest BCUT2D eigenvalue weighted by Gasteiger charge is -2.41. The smallest absolute Gasteiger partial charge is 0.0220 e. The van der Waals surface area contributed by atoms with Crippen molar-refractivity contribution in [3.8, 4) is 0 Å². The minimum Gasteiger partial charge on any atom is -0.316 e. The third-order valence-electron chi connectivity index (χ3n) is 5.51. The van der Waals surface area contributed by atoms with Crippen LogP contribution in [0.4, 0.5) is 0 Å². The van der Waals surface area contributed by atoms with Gasteiger partial charge in [-0.1, -0.05) is 20.8 Å². The summed E-state index contributed by atoms with van der Waals surface area (Å²) in [6, 6.07) is 0.753. The zero-order chi connectivity index (χ0) is 13.9. The van der Waals surface area contributed by atoms with Crippen LogP contribution in [0.3, 0.4) is 0 Å². The predicted molar refractivity (Wildman–Crippen MR) is 82.5 cm³/mol. The van der Waals surface area contributed by atoms with Crippen molar-refractivity contribution in [2.75, 3.05) is 46.3 Å². The van der Waals surface area contributed by atoms with Crippen molar-refractivity contribution in [3.63, 3.8) is 0 Å². The van der Waals surface area contributed by atoms with Crippen molar-refractivity contribution in [3.05, 3.63) is 0 Å². The number of hydrogen-bond acceptors (Lipinski definition) is 3. The first-order valence-electron chi connectivity index (χ1n) is 8.21. The average molecular weight is 267 g/mol. The molecule has 2 aliphatic rings. The van der Waals surface area contributed by atoms with Crippen molar-refractivity contribution in [2.45, 2.75) is 46.1 Å². The zero-order valence-electron chi connectivity index (χ0n) is 13.4. The Balaban J connectivity index is 2.06. The second-order valence-electron chi connectivity index (χ2n) is 7.09. The van der Waals surface area contributed by atoms with E-state index in [0.29, 0.717) is 5.41 Å². The van der Waals surface area contributed by atoms with Crippen molar-refractivity contribution in [2.24, 2.45) is 11.3 Å². The summed E-state index contributed by atoms with van der Waals surface area (Å²) >= 11 is 0. The van der Waals surface area contributed by atoms with E-state index in [-0.39, 0.29) is 0 Å². The van der Waals surface area contributed by atoms with Crippen LogP contribution in [0, 0.1) is 11.3 Å². The number of nitrogens with one attached hydrogen (secondary N) is 1. The van der Waals surface area contributed by atoms with Gasteiger partial charge in [0, 0.05) is 25.7 Å². The Labute approximate surface area is 119 Å².